The molecule has 2 aromatic rings. The molecule has 0 amide bonds. The molecule has 110 valence electrons. The molecule has 0 saturated carbocycles. The Morgan fingerprint density at radius 1 is 1.05 bits per heavy atom. The van der Waals surface area contributed by atoms with Gasteiger partial charge in [0.2, 0.25) is 0 Å². The molecule has 4 nitrogen and oxygen atoms in total. The molecular formula is C17H19NO3. The Bertz CT molecular complexity index is 684. The van der Waals surface area contributed by atoms with E-state index in [1.165, 1.54) is 0 Å². The highest BCUT2D eigenvalue weighted by atomic mass is 16.5. The highest BCUT2D eigenvalue weighted by molar-refractivity contribution is 5.56. The molecule has 1 atom stereocenters. The number of anilines is 1. The van der Waals surface area contributed by atoms with E-state index in [1.807, 2.05) is 36.4 Å². The summed E-state index contributed by atoms with van der Waals surface area (Å²) >= 11 is 0. The van der Waals surface area contributed by atoms with Gasteiger partial charge in [0.15, 0.2) is 0 Å². The van der Waals surface area contributed by atoms with E-state index in [-0.39, 0.29) is 0 Å². The van der Waals surface area contributed by atoms with Crippen LogP contribution < -0.4 is 15.2 Å². The van der Waals surface area contributed by atoms with Gasteiger partial charge in [-0.2, -0.15) is 0 Å². The van der Waals surface area contributed by atoms with Crippen LogP contribution >= 0.6 is 0 Å². The molecule has 1 aliphatic rings. The predicted octanol–water partition coefficient (Wildman–Crippen LogP) is 2.47. The quantitative estimate of drug-likeness (QED) is 0.850. The number of benzene rings is 2. The van der Waals surface area contributed by atoms with Crippen LogP contribution in [0.1, 0.15) is 23.1 Å². The monoisotopic (exact) mass is 285 g/mol. The molecule has 21 heavy (non-hydrogen) atoms. The van der Waals surface area contributed by atoms with Crippen LogP contribution in [0.5, 0.6) is 11.5 Å². The van der Waals surface area contributed by atoms with Crippen LogP contribution in [-0.4, -0.2) is 19.3 Å². The highest BCUT2D eigenvalue weighted by Gasteiger charge is 2.40. The summed E-state index contributed by atoms with van der Waals surface area (Å²) in [5.41, 5.74) is 8.19. The first kappa shape index (κ1) is 13.8. The second kappa shape index (κ2) is 4.97. The van der Waals surface area contributed by atoms with Gasteiger partial charge in [-0.1, -0.05) is 6.07 Å². The van der Waals surface area contributed by atoms with E-state index in [0.717, 1.165) is 28.8 Å². The van der Waals surface area contributed by atoms with Crippen LogP contribution in [0.3, 0.4) is 0 Å². The van der Waals surface area contributed by atoms with E-state index in [9.17, 15) is 5.11 Å². The number of nitrogen functional groups attached to an aromatic ring is 1. The lowest BCUT2D eigenvalue weighted by molar-refractivity contribution is 0.0797. The minimum atomic E-state index is -1.07. The summed E-state index contributed by atoms with van der Waals surface area (Å²) in [7, 11) is 3.21. The van der Waals surface area contributed by atoms with Gasteiger partial charge in [-0.15, -0.1) is 0 Å². The molecule has 0 heterocycles. The van der Waals surface area contributed by atoms with E-state index in [2.05, 4.69) is 0 Å². The topological polar surface area (TPSA) is 64.7 Å². The first-order valence-corrected chi connectivity index (χ1v) is 6.92. The molecule has 0 aliphatic heterocycles. The van der Waals surface area contributed by atoms with E-state index in [0.29, 0.717) is 17.9 Å². The number of hydrogen-bond donors (Lipinski definition) is 2. The van der Waals surface area contributed by atoms with Crippen LogP contribution in [0.25, 0.3) is 0 Å². The van der Waals surface area contributed by atoms with Gasteiger partial charge in [0, 0.05) is 11.3 Å². The maximum Gasteiger partial charge on any atom is 0.125 e. The Hall–Kier alpha value is -2.20. The van der Waals surface area contributed by atoms with E-state index in [4.69, 9.17) is 15.2 Å². The van der Waals surface area contributed by atoms with Gasteiger partial charge < -0.3 is 20.3 Å². The summed E-state index contributed by atoms with van der Waals surface area (Å²) in [6.07, 6.45) is 1.40. The van der Waals surface area contributed by atoms with Crippen LogP contribution in [0.4, 0.5) is 5.69 Å². The zero-order valence-corrected chi connectivity index (χ0v) is 12.2. The Morgan fingerprint density at radius 3 is 2.57 bits per heavy atom. The largest absolute Gasteiger partial charge is 0.497 e. The van der Waals surface area contributed by atoms with Gasteiger partial charge in [-0.05, 0) is 54.3 Å². The fourth-order valence-corrected chi connectivity index (χ4v) is 3.09. The van der Waals surface area contributed by atoms with Gasteiger partial charge in [0.1, 0.15) is 17.1 Å². The van der Waals surface area contributed by atoms with Crippen molar-refractivity contribution in [2.75, 3.05) is 20.0 Å². The van der Waals surface area contributed by atoms with Gasteiger partial charge in [-0.25, -0.2) is 0 Å². The molecule has 1 aliphatic carbocycles. The molecule has 0 saturated heterocycles. The van der Waals surface area contributed by atoms with Crippen molar-refractivity contribution in [1.82, 2.24) is 0 Å². The smallest absolute Gasteiger partial charge is 0.125 e. The summed E-state index contributed by atoms with van der Waals surface area (Å²) in [6.45, 7) is 0. The minimum Gasteiger partial charge on any atom is -0.497 e. The average Bonchev–Trinajstić information content (AvgIpc) is 2.84. The number of nitrogens with two attached hydrogens (primary N) is 1. The molecule has 3 N–H and O–H groups in total. The van der Waals surface area contributed by atoms with Gasteiger partial charge in [0.25, 0.3) is 0 Å². The van der Waals surface area contributed by atoms with Crippen molar-refractivity contribution in [2.24, 2.45) is 0 Å². The molecule has 0 aromatic heterocycles. The van der Waals surface area contributed by atoms with Crippen molar-refractivity contribution >= 4 is 5.69 Å². The van der Waals surface area contributed by atoms with Crippen molar-refractivity contribution < 1.29 is 14.6 Å². The molecule has 0 spiro atoms. The third kappa shape index (κ3) is 2.12. The molecule has 3 rings (SSSR count). The average molecular weight is 285 g/mol. The lowest BCUT2D eigenvalue weighted by atomic mass is 9.87. The van der Waals surface area contributed by atoms with Gasteiger partial charge in [-0.3, -0.25) is 0 Å². The first-order valence-electron chi connectivity index (χ1n) is 6.92. The molecule has 2 aromatic carbocycles. The number of ether oxygens (including phenoxy) is 2. The molecule has 1 unspecified atom stereocenters. The van der Waals surface area contributed by atoms with E-state index in [1.54, 1.807) is 14.2 Å². The van der Waals surface area contributed by atoms with Crippen molar-refractivity contribution in [3.05, 3.63) is 53.1 Å². The van der Waals surface area contributed by atoms with Crippen molar-refractivity contribution in [3.8, 4) is 11.5 Å². The number of fused-ring (bicyclic) bond motifs is 1. The van der Waals surface area contributed by atoms with Crippen LogP contribution in [0, 0.1) is 0 Å². The number of rotatable bonds is 3. The molecule has 4 heteroatoms. The zero-order valence-electron chi connectivity index (χ0n) is 12.2. The Balaban J connectivity index is 2.17. The maximum atomic E-state index is 11.3. The normalized spacial score (nSPS) is 20.1. The second-order valence-electron chi connectivity index (χ2n) is 5.34. The van der Waals surface area contributed by atoms with Crippen molar-refractivity contribution in [1.29, 1.82) is 0 Å². The number of methoxy groups -OCH3 is 2. The Labute approximate surface area is 124 Å². The van der Waals surface area contributed by atoms with Crippen LogP contribution in [0.2, 0.25) is 0 Å². The maximum absolute atomic E-state index is 11.3. The van der Waals surface area contributed by atoms with E-state index < -0.39 is 5.60 Å². The van der Waals surface area contributed by atoms with Crippen LogP contribution in [0.15, 0.2) is 36.4 Å². The lowest BCUT2D eigenvalue weighted by Gasteiger charge is -2.27. The summed E-state index contributed by atoms with van der Waals surface area (Å²) in [6, 6.07) is 11.1. The van der Waals surface area contributed by atoms with Crippen LogP contribution in [-0.2, 0) is 12.0 Å². The summed E-state index contributed by atoms with van der Waals surface area (Å²) in [4.78, 5) is 0. The number of aryl methyl sites for hydroxylation is 1. The standard InChI is InChI=1S/C17H19NO3/c1-20-13-4-6-16(21-2)15(10-13)17(19)8-7-11-9-12(18)3-5-14(11)17/h3-6,9-10,19H,7-8,18H2,1-2H3. The minimum absolute atomic E-state index is 0.606. The van der Waals surface area contributed by atoms with Gasteiger partial charge >= 0.3 is 0 Å². The first-order chi connectivity index (χ1) is 10.1. The second-order valence-corrected chi connectivity index (χ2v) is 5.34. The number of hydrogen-bond acceptors (Lipinski definition) is 4. The third-order valence-electron chi connectivity index (χ3n) is 4.18. The van der Waals surface area contributed by atoms with E-state index >= 15 is 0 Å². The summed E-state index contributed by atoms with van der Waals surface area (Å²) < 4.78 is 10.7. The summed E-state index contributed by atoms with van der Waals surface area (Å²) in [5, 5.41) is 11.3. The predicted molar refractivity (Wildman–Crippen MR) is 81.7 cm³/mol. The molecular weight excluding hydrogens is 266 g/mol. The Morgan fingerprint density at radius 2 is 1.86 bits per heavy atom. The third-order valence-corrected chi connectivity index (χ3v) is 4.18. The highest BCUT2D eigenvalue weighted by Crippen LogP contribution is 2.46. The van der Waals surface area contributed by atoms with Crippen molar-refractivity contribution in [2.45, 2.75) is 18.4 Å². The summed E-state index contributed by atoms with van der Waals surface area (Å²) in [5.74, 6) is 1.35. The lowest BCUT2D eigenvalue weighted by Crippen LogP contribution is -2.24. The fraction of sp³-hybridized carbons (Fsp3) is 0.294. The number of aliphatic hydroxyl groups is 1. The molecule has 0 bridgehead atoms. The molecule has 0 fully saturated rings. The zero-order chi connectivity index (χ0) is 15.0. The fourth-order valence-electron chi connectivity index (χ4n) is 3.09. The van der Waals surface area contributed by atoms with Gasteiger partial charge in [0.05, 0.1) is 14.2 Å². The van der Waals surface area contributed by atoms with Crippen molar-refractivity contribution in [3.63, 3.8) is 0 Å². The Kier molecular flexibility index (Phi) is 3.26. The molecule has 0 radical (unpaired) electrons. The SMILES string of the molecule is COc1ccc(OC)c(C2(O)CCc3cc(N)ccc32)c1.